The van der Waals surface area contributed by atoms with Gasteiger partial charge in [-0.15, -0.1) is 0 Å². The summed E-state index contributed by atoms with van der Waals surface area (Å²) in [6.07, 6.45) is 1.86. The lowest BCUT2D eigenvalue weighted by Crippen LogP contribution is -2.02. The van der Waals surface area contributed by atoms with Crippen LogP contribution in [0.2, 0.25) is 0 Å². The minimum absolute atomic E-state index is 0.303. The number of halogens is 1. The van der Waals surface area contributed by atoms with Gasteiger partial charge in [-0.25, -0.2) is 9.07 Å². The molecule has 0 unspecified atom stereocenters. The summed E-state index contributed by atoms with van der Waals surface area (Å²) in [5.41, 5.74) is 3.09. The second-order valence-electron chi connectivity index (χ2n) is 4.74. The van der Waals surface area contributed by atoms with Crippen molar-refractivity contribution < 1.29 is 4.39 Å². The van der Waals surface area contributed by atoms with Crippen molar-refractivity contribution in [3.8, 4) is 5.69 Å². The van der Waals surface area contributed by atoms with Crippen LogP contribution in [0.1, 0.15) is 19.0 Å². The molecular formula is C14H15FN4S. The van der Waals surface area contributed by atoms with Crippen molar-refractivity contribution in [2.75, 3.05) is 0 Å². The number of H-pyrrole nitrogens is 1. The Balaban J connectivity index is 2.35. The van der Waals surface area contributed by atoms with Crippen LogP contribution >= 0.6 is 12.2 Å². The van der Waals surface area contributed by atoms with Crippen LogP contribution in [0.3, 0.4) is 0 Å². The number of aromatic nitrogens is 4. The fourth-order valence-corrected chi connectivity index (χ4v) is 2.77. The van der Waals surface area contributed by atoms with E-state index in [2.05, 4.69) is 17.0 Å². The lowest BCUT2D eigenvalue weighted by atomic mass is 10.2. The first-order valence-corrected chi connectivity index (χ1v) is 6.95. The molecule has 0 bridgehead atoms. The van der Waals surface area contributed by atoms with Crippen molar-refractivity contribution in [2.24, 2.45) is 7.05 Å². The minimum Gasteiger partial charge on any atom is -0.327 e. The van der Waals surface area contributed by atoms with E-state index in [1.54, 1.807) is 27.4 Å². The molecule has 1 aromatic carbocycles. The Kier molecular flexibility index (Phi) is 3.17. The molecule has 3 aromatic rings. The number of benzene rings is 1. The standard InChI is InChI=1S/C14H15FN4S/c1-3-6-10-12-13(18(2)17-10)19(14(20)16-12)11-8-5-4-7-9(11)15/h4-5,7-8H,3,6H2,1-2H3,(H,16,20). The van der Waals surface area contributed by atoms with Gasteiger partial charge in [0, 0.05) is 7.05 Å². The molecule has 2 aromatic heterocycles. The van der Waals surface area contributed by atoms with Crippen LogP contribution in [0.5, 0.6) is 0 Å². The number of aromatic amines is 1. The molecule has 0 aliphatic rings. The monoisotopic (exact) mass is 290 g/mol. The van der Waals surface area contributed by atoms with Crippen LogP contribution in [0, 0.1) is 10.6 Å². The van der Waals surface area contributed by atoms with Gasteiger partial charge in [0.25, 0.3) is 0 Å². The van der Waals surface area contributed by atoms with E-state index in [9.17, 15) is 4.39 Å². The zero-order chi connectivity index (χ0) is 14.3. The summed E-state index contributed by atoms with van der Waals surface area (Å²) < 4.78 is 18.0. The van der Waals surface area contributed by atoms with Gasteiger partial charge < -0.3 is 4.98 Å². The Bertz CT molecular complexity index is 827. The van der Waals surface area contributed by atoms with Gasteiger partial charge in [-0.05, 0) is 30.8 Å². The average Bonchev–Trinajstić information content (AvgIpc) is 2.89. The van der Waals surface area contributed by atoms with E-state index in [-0.39, 0.29) is 5.82 Å². The number of rotatable bonds is 3. The van der Waals surface area contributed by atoms with E-state index in [4.69, 9.17) is 12.2 Å². The van der Waals surface area contributed by atoms with E-state index in [0.29, 0.717) is 10.5 Å². The highest BCUT2D eigenvalue weighted by Gasteiger charge is 2.17. The van der Waals surface area contributed by atoms with Gasteiger partial charge >= 0.3 is 0 Å². The fourth-order valence-electron chi connectivity index (χ4n) is 2.48. The summed E-state index contributed by atoms with van der Waals surface area (Å²) in [7, 11) is 1.85. The summed E-state index contributed by atoms with van der Waals surface area (Å²) in [6.45, 7) is 2.10. The quantitative estimate of drug-likeness (QED) is 0.750. The third kappa shape index (κ3) is 1.87. The summed E-state index contributed by atoms with van der Waals surface area (Å²) in [4.78, 5) is 3.15. The van der Waals surface area contributed by atoms with Gasteiger partial charge in [-0.2, -0.15) is 5.10 Å². The van der Waals surface area contributed by atoms with Gasteiger partial charge in [0.15, 0.2) is 10.4 Å². The maximum atomic E-state index is 14.0. The second-order valence-corrected chi connectivity index (χ2v) is 5.12. The Morgan fingerprint density at radius 1 is 1.35 bits per heavy atom. The summed E-state index contributed by atoms with van der Waals surface area (Å²) in [5, 5.41) is 4.49. The van der Waals surface area contributed by atoms with Gasteiger partial charge in [0.05, 0.1) is 11.4 Å². The van der Waals surface area contributed by atoms with E-state index >= 15 is 0 Å². The molecule has 0 fully saturated rings. The molecule has 3 rings (SSSR count). The number of hydrogen-bond donors (Lipinski definition) is 1. The summed E-state index contributed by atoms with van der Waals surface area (Å²) in [5.74, 6) is -0.303. The lowest BCUT2D eigenvalue weighted by Gasteiger charge is -2.05. The highest BCUT2D eigenvalue weighted by atomic mass is 32.1. The first-order valence-electron chi connectivity index (χ1n) is 6.55. The van der Waals surface area contributed by atoms with Crippen LogP contribution in [0.15, 0.2) is 24.3 Å². The first-order chi connectivity index (χ1) is 9.63. The normalized spacial score (nSPS) is 11.3. The molecule has 0 atom stereocenters. The molecular weight excluding hydrogens is 275 g/mol. The highest BCUT2D eigenvalue weighted by molar-refractivity contribution is 7.71. The first kappa shape index (κ1) is 13.1. The Morgan fingerprint density at radius 3 is 2.80 bits per heavy atom. The van der Waals surface area contributed by atoms with E-state index in [1.807, 2.05) is 7.05 Å². The Hall–Kier alpha value is -1.95. The summed E-state index contributed by atoms with van der Waals surface area (Å²) >= 11 is 5.35. The topological polar surface area (TPSA) is 38.5 Å². The fraction of sp³-hybridized carbons (Fsp3) is 0.286. The van der Waals surface area contributed by atoms with Gasteiger partial charge in [0.2, 0.25) is 0 Å². The number of hydrogen-bond acceptors (Lipinski definition) is 2. The largest absolute Gasteiger partial charge is 0.327 e. The lowest BCUT2D eigenvalue weighted by molar-refractivity contribution is 0.616. The predicted molar refractivity (Wildman–Crippen MR) is 79.2 cm³/mol. The van der Waals surface area contributed by atoms with Crippen molar-refractivity contribution in [2.45, 2.75) is 19.8 Å². The highest BCUT2D eigenvalue weighted by Crippen LogP contribution is 2.24. The van der Waals surface area contributed by atoms with Crippen molar-refractivity contribution in [3.63, 3.8) is 0 Å². The number of aryl methyl sites for hydroxylation is 2. The zero-order valence-corrected chi connectivity index (χ0v) is 12.2. The van der Waals surface area contributed by atoms with Crippen molar-refractivity contribution in [3.05, 3.63) is 40.5 Å². The van der Waals surface area contributed by atoms with E-state index in [1.165, 1.54) is 6.07 Å². The van der Waals surface area contributed by atoms with Crippen LogP contribution in [0.4, 0.5) is 4.39 Å². The van der Waals surface area contributed by atoms with E-state index < -0.39 is 0 Å². The van der Waals surface area contributed by atoms with Crippen LogP contribution in [0.25, 0.3) is 16.9 Å². The maximum Gasteiger partial charge on any atom is 0.184 e. The van der Waals surface area contributed by atoms with Gasteiger partial charge in [-0.3, -0.25) is 4.57 Å². The smallest absolute Gasteiger partial charge is 0.184 e. The van der Waals surface area contributed by atoms with Crippen molar-refractivity contribution in [1.82, 2.24) is 19.3 Å². The second kappa shape index (κ2) is 4.86. The van der Waals surface area contributed by atoms with Gasteiger partial charge in [-0.1, -0.05) is 25.5 Å². The van der Waals surface area contributed by atoms with Crippen molar-refractivity contribution >= 4 is 23.4 Å². The average molecular weight is 290 g/mol. The third-order valence-corrected chi connectivity index (χ3v) is 3.60. The summed E-state index contributed by atoms with van der Waals surface area (Å²) in [6, 6.07) is 6.60. The number of imidazole rings is 1. The number of nitrogens with zero attached hydrogens (tertiary/aromatic N) is 3. The number of fused-ring (bicyclic) bond motifs is 1. The molecule has 1 N–H and O–H groups in total. The maximum absolute atomic E-state index is 14.0. The van der Waals surface area contributed by atoms with E-state index in [0.717, 1.165) is 29.7 Å². The zero-order valence-electron chi connectivity index (χ0n) is 11.4. The molecule has 6 heteroatoms. The van der Waals surface area contributed by atoms with Crippen molar-refractivity contribution in [1.29, 1.82) is 0 Å². The van der Waals surface area contributed by atoms with Crippen LogP contribution in [-0.4, -0.2) is 19.3 Å². The Morgan fingerprint density at radius 2 is 2.10 bits per heavy atom. The number of nitrogens with one attached hydrogen (secondary N) is 1. The molecule has 0 aliphatic carbocycles. The minimum atomic E-state index is -0.303. The molecule has 0 radical (unpaired) electrons. The molecule has 2 heterocycles. The molecule has 4 nitrogen and oxygen atoms in total. The molecule has 0 aliphatic heterocycles. The molecule has 0 amide bonds. The molecule has 0 saturated carbocycles. The molecule has 0 saturated heterocycles. The molecule has 20 heavy (non-hydrogen) atoms. The van der Waals surface area contributed by atoms with Crippen LogP contribution in [-0.2, 0) is 13.5 Å². The Labute approximate surface area is 120 Å². The third-order valence-electron chi connectivity index (χ3n) is 3.32. The van der Waals surface area contributed by atoms with Gasteiger partial charge in [0.1, 0.15) is 11.3 Å². The SMILES string of the molecule is CCCc1nn(C)c2c1[nH]c(=S)n2-c1ccccc1F. The molecule has 0 spiro atoms. The number of para-hydroxylation sites is 1. The molecule has 104 valence electrons. The van der Waals surface area contributed by atoms with Crippen LogP contribution < -0.4 is 0 Å². The predicted octanol–water partition coefficient (Wildman–Crippen LogP) is 3.51.